The third-order valence-electron chi connectivity index (χ3n) is 4.41. The maximum atomic E-state index is 12.6. The molecule has 1 aromatic carbocycles. The van der Waals surface area contributed by atoms with Crippen molar-refractivity contribution >= 4 is 5.65 Å². The van der Waals surface area contributed by atoms with Crippen LogP contribution in [0.3, 0.4) is 0 Å². The lowest BCUT2D eigenvalue weighted by Gasteiger charge is -2.00. The van der Waals surface area contributed by atoms with Gasteiger partial charge in [0.1, 0.15) is 0 Å². The summed E-state index contributed by atoms with van der Waals surface area (Å²) in [6, 6.07) is 9.72. The minimum absolute atomic E-state index is 0.133. The van der Waals surface area contributed by atoms with Crippen LogP contribution in [-0.4, -0.2) is 24.4 Å². The molecule has 4 aromatic rings. The van der Waals surface area contributed by atoms with Crippen LogP contribution in [0.25, 0.3) is 28.2 Å². The standard InChI is InChI=1S/C19H19N5O/c1-4-23-11-15(10-20-23)16-9-17(25)24-19(21-16)13(3)18(22-24)14-7-5-6-12(2)8-14/h5-11,22H,4H2,1-3H3. The van der Waals surface area contributed by atoms with E-state index in [1.165, 1.54) is 10.1 Å². The Hall–Kier alpha value is -3.15. The van der Waals surface area contributed by atoms with Gasteiger partial charge < -0.3 is 0 Å². The molecule has 0 fully saturated rings. The summed E-state index contributed by atoms with van der Waals surface area (Å²) in [6.07, 6.45) is 3.65. The Morgan fingerprint density at radius 1 is 1.16 bits per heavy atom. The number of aromatic nitrogens is 5. The predicted molar refractivity (Wildman–Crippen MR) is 97.6 cm³/mol. The second-order valence-corrected chi connectivity index (χ2v) is 6.20. The normalized spacial score (nSPS) is 11.3. The van der Waals surface area contributed by atoms with Crippen molar-refractivity contribution in [3.63, 3.8) is 0 Å². The Labute approximate surface area is 144 Å². The van der Waals surface area contributed by atoms with Crippen LogP contribution in [0.2, 0.25) is 0 Å². The number of aromatic amines is 1. The zero-order chi connectivity index (χ0) is 17.6. The smallest absolute Gasteiger partial charge is 0.273 e. The Bertz CT molecular complexity index is 1130. The van der Waals surface area contributed by atoms with Gasteiger partial charge in [-0.25, -0.2) is 9.50 Å². The Morgan fingerprint density at radius 3 is 2.72 bits per heavy atom. The fourth-order valence-corrected chi connectivity index (χ4v) is 3.05. The molecule has 0 radical (unpaired) electrons. The van der Waals surface area contributed by atoms with Crippen LogP contribution in [0.5, 0.6) is 0 Å². The van der Waals surface area contributed by atoms with Crippen LogP contribution in [0.4, 0.5) is 0 Å². The van der Waals surface area contributed by atoms with Gasteiger partial charge in [0.25, 0.3) is 5.56 Å². The first-order chi connectivity index (χ1) is 12.1. The quantitative estimate of drug-likeness (QED) is 0.626. The highest BCUT2D eigenvalue weighted by Gasteiger charge is 2.14. The van der Waals surface area contributed by atoms with Gasteiger partial charge in [0.2, 0.25) is 0 Å². The van der Waals surface area contributed by atoms with Crippen molar-refractivity contribution in [2.75, 3.05) is 0 Å². The van der Waals surface area contributed by atoms with E-state index in [1.807, 2.05) is 36.9 Å². The van der Waals surface area contributed by atoms with Crippen molar-refractivity contribution in [1.29, 1.82) is 0 Å². The topological polar surface area (TPSA) is 68.0 Å². The molecule has 4 rings (SSSR count). The average Bonchev–Trinajstić information content (AvgIpc) is 3.20. The molecule has 6 nitrogen and oxygen atoms in total. The second kappa shape index (κ2) is 5.73. The van der Waals surface area contributed by atoms with Crippen LogP contribution in [0.1, 0.15) is 18.1 Å². The molecule has 0 bridgehead atoms. The van der Waals surface area contributed by atoms with E-state index in [2.05, 4.69) is 29.3 Å². The molecule has 0 amide bonds. The van der Waals surface area contributed by atoms with Crippen molar-refractivity contribution < 1.29 is 0 Å². The van der Waals surface area contributed by atoms with E-state index in [0.717, 1.165) is 28.9 Å². The van der Waals surface area contributed by atoms with E-state index in [-0.39, 0.29) is 5.56 Å². The van der Waals surface area contributed by atoms with Gasteiger partial charge in [-0.2, -0.15) is 5.10 Å². The summed E-state index contributed by atoms with van der Waals surface area (Å²) in [4.78, 5) is 17.3. The largest absolute Gasteiger partial charge is 0.289 e. The van der Waals surface area contributed by atoms with E-state index < -0.39 is 0 Å². The molecule has 3 heterocycles. The SMILES string of the molecule is CCn1cc(-c2cc(=O)n3[nH]c(-c4cccc(C)c4)c(C)c3n2)cn1. The fraction of sp³-hybridized carbons (Fsp3) is 0.211. The van der Waals surface area contributed by atoms with E-state index in [0.29, 0.717) is 11.3 Å². The fourth-order valence-electron chi connectivity index (χ4n) is 3.05. The predicted octanol–water partition coefficient (Wildman–Crippen LogP) is 3.19. The van der Waals surface area contributed by atoms with Crippen molar-refractivity contribution in [3.8, 4) is 22.5 Å². The van der Waals surface area contributed by atoms with Crippen molar-refractivity contribution in [1.82, 2.24) is 24.4 Å². The maximum absolute atomic E-state index is 12.6. The Balaban J connectivity index is 1.92. The van der Waals surface area contributed by atoms with E-state index in [9.17, 15) is 4.79 Å². The van der Waals surface area contributed by atoms with Crippen LogP contribution < -0.4 is 5.56 Å². The zero-order valence-corrected chi connectivity index (χ0v) is 14.4. The second-order valence-electron chi connectivity index (χ2n) is 6.20. The molecule has 126 valence electrons. The number of H-pyrrole nitrogens is 1. The lowest BCUT2D eigenvalue weighted by molar-refractivity contribution is 0.660. The van der Waals surface area contributed by atoms with Crippen LogP contribution in [0.15, 0.2) is 47.5 Å². The van der Waals surface area contributed by atoms with Gasteiger partial charge >= 0.3 is 0 Å². The van der Waals surface area contributed by atoms with Gasteiger partial charge in [-0.15, -0.1) is 0 Å². The lowest BCUT2D eigenvalue weighted by atomic mass is 10.1. The van der Waals surface area contributed by atoms with Gasteiger partial charge in [-0.3, -0.25) is 14.6 Å². The molecule has 0 spiro atoms. The molecule has 3 aromatic heterocycles. The van der Waals surface area contributed by atoms with Crippen molar-refractivity contribution in [3.05, 3.63) is 64.2 Å². The van der Waals surface area contributed by atoms with Crippen molar-refractivity contribution in [2.24, 2.45) is 0 Å². The maximum Gasteiger partial charge on any atom is 0.273 e. The van der Waals surface area contributed by atoms with E-state index in [4.69, 9.17) is 4.98 Å². The van der Waals surface area contributed by atoms with E-state index in [1.54, 1.807) is 12.3 Å². The number of fused-ring (bicyclic) bond motifs is 1. The molecule has 0 aliphatic carbocycles. The van der Waals surface area contributed by atoms with Crippen LogP contribution >= 0.6 is 0 Å². The molecular formula is C19H19N5O. The third kappa shape index (κ3) is 2.55. The molecule has 25 heavy (non-hydrogen) atoms. The molecule has 0 unspecified atom stereocenters. The molecule has 0 saturated carbocycles. The summed E-state index contributed by atoms with van der Waals surface area (Å²) in [7, 11) is 0. The minimum atomic E-state index is -0.133. The van der Waals surface area contributed by atoms with Crippen LogP contribution in [0, 0.1) is 13.8 Å². The van der Waals surface area contributed by atoms with Gasteiger partial charge in [0.05, 0.1) is 17.6 Å². The van der Waals surface area contributed by atoms with Gasteiger partial charge in [-0.1, -0.05) is 23.8 Å². The summed E-state index contributed by atoms with van der Waals surface area (Å²) >= 11 is 0. The monoisotopic (exact) mass is 333 g/mol. The minimum Gasteiger partial charge on any atom is -0.289 e. The number of nitrogens with one attached hydrogen (secondary N) is 1. The van der Waals surface area contributed by atoms with Crippen molar-refractivity contribution in [2.45, 2.75) is 27.3 Å². The van der Waals surface area contributed by atoms with E-state index >= 15 is 0 Å². The molecule has 0 saturated heterocycles. The number of hydrogen-bond acceptors (Lipinski definition) is 3. The lowest BCUT2D eigenvalue weighted by Crippen LogP contribution is -2.14. The average molecular weight is 333 g/mol. The van der Waals surface area contributed by atoms with Crippen LogP contribution in [-0.2, 0) is 6.54 Å². The Kier molecular flexibility index (Phi) is 3.53. The van der Waals surface area contributed by atoms with Gasteiger partial charge in [0, 0.05) is 35.5 Å². The first-order valence-electron chi connectivity index (χ1n) is 8.29. The summed E-state index contributed by atoms with van der Waals surface area (Å²) in [5.74, 6) is 0. The summed E-state index contributed by atoms with van der Waals surface area (Å²) in [5, 5.41) is 7.46. The zero-order valence-electron chi connectivity index (χ0n) is 14.4. The third-order valence-corrected chi connectivity index (χ3v) is 4.41. The highest BCUT2D eigenvalue weighted by molar-refractivity contribution is 5.72. The number of aryl methyl sites for hydroxylation is 3. The molecule has 0 aliphatic heterocycles. The Morgan fingerprint density at radius 2 is 2.00 bits per heavy atom. The summed E-state index contributed by atoms with van der Waals surface area (Å²) in [5.41, 5.74) is 6.07. The molecule has 0 aliphatic rings. The summed E-state index contributed by atoms with van der Waals surface area (Å²) < 4.78 is 3.32. The van der Waals surface area contributed by atoms with Gasteiger partial charge in [0.15, 0.2) is 5.65 Å². The number of benzene rings is 1. The first-order valence-corrected chi connectivity index (χ1v) is 8.29. The first kappa shape index (κ1) is 15.4. The number of rotatable bonds is 3. The van der Waals surface area contributed by atoms with Gasteiger partial charge in [-0.05, 0) is 26.8 Å². The highest BCUT2D eigenvalue weighted by atomic mass is 16.1. The molecule has 1 N–H and O–H groups in total. The molecule has 0 atom stereocenters. The molecular weight excluding hydrogens is 314 g/mol. The number of hydrogen-bond donors (Lipinski definition) is 1. The highest BCUT2D eigenvalue weighted by Crippen LogP contribution is 2.25. The number of nitrogens with zero attached hydrogens (tertiary/aromatic N) is 4. The summed E-state index contributed by atoms with van der Waals surface area (Å²) in [6.45, 7) is 6.83. The molecule has 6 heteroatoms.